The number of fused-ring (bicyclic) bond motifs is 6. The third-order valence-corrected chi connectivity index (χ3v) is 13.0. The lowest BCUT2D eigenvalue weighted by Crippen LogP contribution is -2.60. The van der Waals surface area contributed by atoms with Gasteiger partial charge in [-0.25, -0.2) is 0 Å². The van der Waals surface area contributed by atoms with Crippen LogP contribution >= 0.6 is 0 Å². The summed E-state index contributed by atoms with van der Waals surface area (Å²) in [6.45, 7) is 13.9. The minimum absolute atomic E-state index is 0.0127. The highest BCUT2D eigenvalue weighted by Gasteiger charge is 2.64. The van der Waals surface area contributed by atoms with Crippen LogP contribution in [-0.4, -0.2) is 45.3 Å². The normalized spacial score (nSPS) is 56.8. The molecule has 0 saturated heterocycles. The second kappa shape index (κ2) is 7.79. The first-order chi connectivity index (χ1) is 15.7. The minimum Gasteiger partial charge on any atom is -0.396 e. The molecule has 4 saturated carbocycles. The quantitative estimate of drug-likeness (QED) is 0.399. The average molecular weight is 475 g/mol. The lowest BCUT2D eigenvalue weighted by Gasteiger charge is -2.64. The molecule has 0 aliphatic heterocycles. The van der Waals surface area contributed by atoms with E-state index in [0.29, 0.717) is 30.1 Å². The van der Waals surface area contributed by atoms with Crippen LogP contribution in [0.2, 0.25) is 0 Å². The maximum absolute atomic E-state index is 10.9. The summed E-state index contributed by atoms with van der Waals surface area (Å²) in [6, 6.07) is 0. The fourth-order valence-corrected chi connectivity index (χ4v) is 11.1. The highest BCUT2D eigenvalue weighted by atomic mass is 16.3. The molecule has 0 amide bonds. The molecule has 4 heteroatoms. The van der Waals surface area contributed by atoms with Crippen LogP contribution in [0.15, 0.2) is 11.6 Å². The van der Waals surface area contributed by atoms with Gasteiger partial charge >= 0.3 is 0 Å². The molecule has 34 heavy (non-hydrogen) atoms. The van der Waals surface area contributed by atoms with E-state index in [2.05, 4.69) is 47.6 Å². The molecule has 0 unspecified atom stereocenters. The molecule has 4 fully saturated rings. The lowest BCUT2D eigenvalue weighted by atomic mass is 9.42. The molecule has 0 aromatic rings. The number of hydrogen-bond donors (Lipinski definition) is 4. The van der Waals surface area contributed by atoms with Crippen molar-refractivity contribution in [3.8, 4) is 0 Å². The molecule has 194 valence electrons. The molecular formula is C30H50O4. The fourth-order valence-electron chi connectivity index (χ4n) is 11.1. The largest absolute Gasteiger partial charge is 0.396 e. The van der Waals surface area contributed by atoms with E-state index in [1.54, 1.807) is 5.57 Å². The van der Waals surface area contributed by atoms with Crippen LogP contribution < -0.4 is 0 Å². The van der Waals surface area contributed by atoms with Gasteiger partial charge in [0.2, 0.25) is 0 Å². The maximum Gasteiger partial charge on any atom is 0.0853 e. The van der Waals surface area contributed by atoms with Gasteiger partial charge in [0.25, 0.3) is 0 Å². The van der Waals surface area contributed by atoms with Crippen LogP contribution in [-0.2, 0) is 0 Å². The highest BCUT2D eigenvalue weighted by molar-refractivity contribution is 5.26. The number of rotatable bonds is 1. The Bertz CT molecular complexity index is 851. The summed E-state index contributed by atoms with van der Waals surface area (Å²) in [4.78, 5) is 0. The molecular weight excluding hydrogens is 424 g/mol. The van der Waals surface area contributed by atoms with E-state index >= 15 is 0 Å². The van der Waals surface area contributed by atoms with Gasteiger partial charge in [-0.05, 0) is 103 Å². The Balaban J connectivity index is 1.51. The predicted molar refractivity (Wildman–Crippen MR) is 135 cm³/mol. The topological polar surface area (TPSA) is 80.9 Å². The third kappa shape index (κ3) is 3.17. The lowest BCUT2D eigenvalue weighted by molar-refractivity contribution is -0.189. The molecule has 0 aromatic carbocycles. The zero-order valence-corrected chi connectivity index (χ0v) is 22.5. The second-order valence-corrected chi connectivity index (χ2v) is 14.9. The molecule has 11 atom stereocenters. The van der Waals surface area contributed by atoms with Gasteiger partial charge in [0, 0.05) is 5.41 Å². The van der Waals surface area contributed by atoms with Crippen LogP contribution in [0.5, 0.6) is 0 Å². The molecule has 4 nitrogen and oxygen atoms in total. The number of hydrogen-bond acceptors (Lipinski definition) is 4. The van der Waals surface area contributed by atoms with Crippen molar-refractivity contribution in [2.24, 2.45) is 50.7 Å². The summed E-state index contributed by atoms with van der Waals surface area (Å²) in [5.41, 5.74) is 1.31. The minimum atomic E-state index is -0.657. The van der Waals surface area contributed by atoms with Crippen molar-refractivity contribution in [3.05, 3.63) is 11.6 Å². The Morgan fingerprint density at radius 2 is 1.53 bits per heavy atom. The summed E-state index contributed by atoms with van der Waals surface area (Å²) < 4.78 is 0. The SMILES string of the molecule is CC1(C)[C@H](O)[C@H](O)C[C@]2(C)[C@H]3CC[C@@H]4[C@@](C)(CC[C@H]5[C@]4(C)CC[C@@H](O)[C@]5(C)CO)CC3=CC[C@@H]12. The zero-order chi connectivity index (χ0) is 24.9. The van der Waals surface area contributed by atoms with Crippen LogP contribution in [0.1, 0.15) is 99.3 Å². The van der Waals surface area contributed by atoms with Gasteiger partial charge in [0.1, 0.15) is 0 Å². The van der Waals surface area contributed by atoms with Crippen LogP contribution in [0, 0.1) is 50.7 Å². The number of allylic oxidation sites excluding steroid dienone is 2. The van der Waals surface area contributed by atoms with Gasteiger partial charge in [0.05, 0.1) is 24.9 Å². The Labute approximate surface area is 207 Å². The van der Waals surface area contributed by atoms with Crippen molar-refractivity contribution in [2.75, 3.05) is 6.61 Å². The van der Waals surface area contributed by atoms with Gasteiger partial charge < -0.3 is 20.4 Å². The predicted octanol–water partition coefficient (Wildman–Crippen LogP) is 5.08. The van der Waals surface area contributed by atoms with Crippen molar-refractivity contribution in [1.82, 2.24) is 0 Å². The maximum atomic E-state index is 10.9. The first-order valence-corrected chi connectivity index (χ1v) is 14.1. The smallest absolute Gasteiger partial charge is 0.0853 e. The highest BCUT2D eigenvalue weighted by Crippen LogP contribution is 2.70. The summed E-state index contributed by atoms with van der Waals surface area (Å²) in [5.74, 6) is 1.79. The van der Waals surface area contributed by atoms with Gasteiger partial charge in [-0.15, -0.1) is 0 Å². The van der Waals surface area contributed by atoms with Crippen LogP contribution in [0.3, 0.4) is 0 Å². The summed E-state index contributed by atoms with van der Waals surface area (Å²) in [6.07, 6.45) is 10.1. The molecule has 5 aliphatic carbocycles. The summed E-state index contributed by atoms with van der Waals surface area (Å²) >= 11 is 0. The third-order valence-electron chi connectivity index (χ3n) is 13.0. The monoisotopic (exact) mass is 474 g/mol. The van der Waals surface area contributed by atoms with Crippen molar-refractivity contribution in [3.63, 3.8) is 0 Å². The Kier molecular flexibility index (Phi) is 5.78. The first-order valence-electron chi connectivity index (χ1n) is 14.1. The Morgan fingerprint density at radius 3 is 2.21 bits per heavy atom. The molecule has 5 rings (SSSR count). The second-order valence-electron chi connectivity index (χ2n) is 14.9. The van der Waals surface area contributed by atoms with E-state index in [0.717, 1.165) is 44.9 Å². The zero-order valence-electron chi connectivity index (χ0n) is 22.5. The molecule has 0 aromatic heterocycles. The van der Waals surface area contributed by atoms with Crippen molar-refractivity contribution in [1.29, 1.82) is 0 Å². The van der Waals surface area contributed by atoms with Crippen LogP contribution in [0.4, 0.5) is 0 Å². The summed E-state index contributed by atoms with van der Waals surface area (Å²) in [7, 11) is 0. The van der Waals surface area contributed by atoms with Crippen LogP contribution in [0.25, 0.3) is 0 Å². The van der Waals surface area contributed by atoms with Gasteiger partial charge in [-0.2, -0.15) is 0 Å². The molecule has 4 N–H and O–H groups in total. The number of aliphatic hydroxyl groups excluding tert-OH is 4. The van der Waals surface area contributed by atoms with Crippen molar-refractivity contribution >= 4 is 0 Å². The van der Waals surface area contributed by atoms with E-state index in [1.807, 2.05) is 0 Å². The van der Waals surface area contributed by atoms with E-state index < -0.39 is 23.7 Å². The Morgan fingerprint density at radius 1 is 0.824 bits per heavy atom. The molecule has 5 aliphatic rings. The number of aliphatic hydroxyl groups is 4. The Hall–Kier alpha value is -0.420. The fraction of sp³-hybridized carbons (Fsp3) is 0.933. The van der Waals surface area contributed by atoms with Gasteiger partial charge in [-0.1, -0.05) is 53.2 Å². The van der Waals surface area contributed by atoms with E-state index in [-0.39, 0.29) is 28.3 Å². The van der Waals surface area contributed by atoms with E-state index in [4.69, 9.17) is 0 Å². The van der Waals surface area contributed by atoms with Crippen molar-refractivity contribution in [2.45, 2.75) is 118 Å². The van der Waals surface area contributed by atoms with Gasteiger partial charge in [-0.3, -0.25) is 0 Å². The van der Waals surface area contributed by atoms with E-state index in [1.165, 1.54) is 6.42 Å². The average Bonchev–Trinajstić information content (AvgIpc) is 2.92. The van der Waals surface area contributed by atoms with Crippen molar-refractivity contribution < 1.29 is 20.4 Å². The molecule has 0 spiro atoms. The summed E-state index contributed by atoms with van der Waals surface area (Å²) in [5, 5.41) is 43.1. The standard InChI is InChI=1S/C30H50O4/c1-26(2)21-9-7-18-15-27(3)13-11-23-28(4,14-12-24(33)30(23,6)17-31)22(27)10-8-19(18)29(21,5)16-20(32)25(26)34/h7,19-25,31-34H,8-17H2,1-6H3/t19-,20+,21-,22+,23-,24+,25+,27-,28+,29+,30+/m0/s1. The molecule has 0 bridgehead atoms. The first kappa shape index (κ1) is 25.2. The molecule has 0 heterocycles. The van der Waals surface area contributed by atoms with Gasteiger partial charge in [0.15, 0.2) is 0 Å². The van der Waals surface area contributed by atoms with E-state index in [9.17, 15) is 20.4 Å². The molecule has 0 radical (unpaired) electrons.